The average molecular weight is 180 g/mol. The van der Waals surface area contributed by atoms with Gasteiger partial charge in [0.15, 0.2) is 0 Å². The lowest BCUT2D eigenvalue weighted by Crippen LogP contribution is -2.29. The molecular formula is C8H18ClNO. The third-order valence-corrected chi connectivity index (χ3v) is 2.26. The summed E-state index contributed by atoms with van der Waals surface area (Å²) in [5.41, 5.74) is 0. The zero-order chi connectivity index (χ0) is 7.56. The van der Waals surface area contributed by atoms with Crippen LogP contribution in [0.3, 0.4) is 0 Å². The molecule has 11 heavy (non-hydrogen) atoms. The Morgan fingerprint density at radius 3 is 2.55 bits per heavy atom. The minimum Gasteiger partial charge on any atom is -0.373 e. The van der Waals surface area contributed by atoms with Crippen molar-refractivity contribution in [3.8, 4) is 0 Å². The minimum atomic E-state index is 0. The first-order valence-electron chi connectivity index (χ1n) is 4.06. The highest BCUT2D eigenvalue weighted by atomic mass is 35.5. The molecule has 1 saturated heterocycles. The molecule has 3 heteroatoms. The van der Waals surface area contributed by atoms with Crippen molar-refractivity contribution in [2.45, 2.75) is 32.4 Å². The molecule has 0 aromatic carbocycles. The molecule has 0 amide bonds. The summed E-state index contributed by atoms with van der Waals surface area (Å²) in [7, 11) is 2.16. The monoisotopic (exact) mass is 179 g/mol. The van der Waals surface area contributed by atoms with Gasteiger partial charge in [0, 0.05) is 6.04 Å². The molecule has 1 fully saturated rings. The first-order chi connectivity index (χ1) is 4.74. The van der Waals surface area contributed by atoms with Crippen LogP contribution in [0, 0.1) is 0 Å². The summed E-state index contributed by atoms with van der Waals surface area (Å²) in [5, 5.41) is 0. The van der Waals surface area contributed by atoms with Crippen LogP contribution in [-0.2, 0) is 4.74 Å². The molecule has 0 saturated carbocycles. The fourth-order valence-electron chi connectivity index (χ4n) is 1.08. The van der Waals surface area contributed by atoms with Gasteiger partial charge in [-0.25, -0.2) is 0 Å². The van der Waals surface area contributed by atoms with E-state index in [0.29, 0.717) is 12.1 Å². The van der Waals surface area contributed by atoms with Crippen LogP contribution in [0.4, 0.5) is 0 Å². The molecule has 0 radical (unpaired) electrons. The van der Waals surface area contributed by atoms with E-state index in [-0.39, 0.29) is 12.4 Å². The standard InChI is InChI=1S/C8H17NO.ClH/c1-4-9(3)7(2)5-8-6-10-8;/h7-8H,4-6H2,1-3H3;1H. The maximum Gasteiger partial charge on any atom is 0.0824 e. The van der Waals surface area contributed by atoms with Crippen LogP contribution in [0.1, 0.15) is 20.3 Å². The topological polar surface area (TPSA) is 15.8 Å². The highest BCUT2D eigenvalue weighted by Gasteiger charge is 2.25. The Labute approximate surface area is 75.3 Å². The second-order valence-electron chi connectivity index (χ2n) is 3.11. The Bertz CT molecular complexity index is 106. The number of hydrogen-bond acceptors (Lipinski definition) is 2. The molecule has 1 rings (SSSR count). The Kier molecular flexibility index (Phi) is 5.06. The molecule has 68 valence electrons. The number of halogens is 1. The molecular weight excluding hydrogens is 162 g/mol. The van der Waals surface area contributed by atoms with Gasteiger partial charge in [-0.3, -0.25) is 0 Å². The molecule has 0 bridgehead atoms. The van der Waals surface area contributed by atoms with Gasteiger partial charge in [0.1, 0.15) is 0 Å². The summed E-state index contributed by atoms with van der Waals surface area (Å²) in [4.78, 5) is 2.35. The summed E-state index contributed by atoms with van der Waals surface area (Å²) in [6, 6.07) is 0.678. The van der Waals surface area contributed by atoms with Crippen molar-refractivity contribution in [2.75, 3.05) is 20.2 Å². The molecule has 0 spiro atoms. The zero-order valence-electron chi connectivity index (χ0n) is 7.54. The van der Waals surface area contributed by atoms with Gasteiger partial charge in [-0.1, -0.05) is 6.92 Å². The van der Waals surface area contributed by atoms with Crippen molar-refractivity contribution in [3.63, 3.8) is 0 Å². The zero-order valence-corrected chi connectivity index (χ0v) is 8.36. The largest absolute Gasteiger partial charge is 0.373 e. The third-order valence-electron chi connectivity index (χ3n) is 2.26. The first-order valence-corrected chi connectivity index (χ1v) is 4.06. The van der Waals surface area contributed by atoms with E-state index in [1.165, 1.54) is 6.42 Å². The van der Waals surface area contributed by atoms with Gasteiger partial charge >= 0.3 is 0 Å². The summed E-state index contributed by atoms with van der Waals surface area (Å²) in [5.74, 6) is 0. The van der Waals surface area contributed by atoms with Crippen molar-refractivity contribution in [2.24, 2.45) is 0 Å². The van der Waals surface area contributed by atoms with Gasteiger partial charge in [0.05, 0.1) is 12.7 Å². The second-order valence-corrected chi connectivity index (χ2v) is 3.11. The van der Waals surface area contributed by atoms with Crippen LogP contribution in [0.15, 0.2) is 0 Å². The van der Waals surface area contributed by atoms with Gasteiger partial charge in [-0.15, -0.1) is 12.4 Å². The SMILES string of the molecule is CCN(C)C(C)CC1CO1.Cl. The third kappa shape index (κ3) is 3.94. The Morgan fingerprint density at radius 1 is 1.64 bits per heavy atom. The second kappa shape index (κ2) is 4.96. The Balaban J connectivity index is 0.000001000. The Hall–Kier alpha value is 0.210. The molecule has 0 N–H and O–H groups in total. The van der Waals surface area contributed by atoms with Crippen LogP contribution >= 0.6 is 12.4 Å². The van der Waals surface area contributed by atoms with E-state index in [4.69, 9.17) is 4.74 Å². The summed E-state index contributed by atoms with van der Waals surface area (Å²) in [6.45, 7) is 6.56. The molecule has 0 aromatic heterocycles. The lowest BCUT2D eigenvalue weighted by atomic mass is 10.2. The first kappa shape index (κ1) is 11.2. The minimum absolute atomic E-state index is 0. The van der Waals surface area contributed by atoms with E-state index in [0.717, 1.165) is 13.2 Å². The average Bonchev–Trinajstić information content (AvgIpc) is 2.70. The molecule has 2 atom stereocenters. The fraction of sp³-hybridized carbons (Fsp3) is 1.00. The Morgan fingerprint density at radius 2 is 2.18 bits per heavy atom. The van der Waals surface area contributed by atoms with Crippen molar-refractivity contribution in [3.05, 3.63) is 0 Å². The molecule has 1 aliphatic rings. The maximum atomic E-state index is 5.15. The molecule has 2 nitrogen and oxygen atoms in total. The van der Waals surface area contributed by atoms with Crippen molar-refractivity contribution in [1.29, 1.82) is 0 Å². The van der Waals surface area contributed by atoms with Crippen molar-refractivity contribution < 1.29 is 4.74 Å². The smallest absolute Gasteiger partial charge is 0.0824 e. The van der Waals surface area contributed by atoms with E-state index in [9.17, 15) is 0 Å². The van der Waals surface area contributed by atoms with E-state index in [2.05, 4.69) is 25.8 Å². The van der Waals surface area contributed by atoms with Gasteiger partial charge in [0.2, 0.25) is 0 Å². The summed E-state index contributed by atoms with van der Waals surface area (Å²) < 4.78 is 5.15. The van der Waals surface area contributed by atoms with Crippen LogP contribution in [0.5, 0.6) is 0 Å². The lowest BCUT2D eigenvalue weighted by molar-refractivity contribution is 0.238. The molecule has 0 aliphatic carbocycles. The number of ether oxygens (including phenoxy) is 1. The summed E-state index contributed by atoms with van der Waals surface area (Å²) >= 11 is 0. The van der Waals surface area contributed by atoms with Crippen LogP contribution in [0.2, 0.25) is 0 Å². The molecule has 1 heterocycles. The highest BCUT2D eigenvalue weighted by Crippen LogP contribution is 2.17. The highest BCUT2D eigenvalue weighted by molar-refractivity contribution is 5.85. The van der Waals surface area contributed by atoms with E-state index >= 15 is 0 Å². The molecule has 0 aromatic rings. The fourth-order valence-corrected chi connectivity index (χ4v) is 1.08. The number of epoxide rings is 1. The maximum absolute atomic E-state index is 5.15. The van der Waals surface area contributed by atoms with Gasteiger partial charge in [0.25, 0.3) is 0 Å². The van der Waals surface area contributed by atoms with Gasteiger partial charge in [-0.05, 0) is 26.9 Å². The van der Waals surface area contributed by atoms with Crippen LogP contribution in [-0.4, -0.2) is 37.2 Å². The quantitative estimate of drug-likeness (QED) is 0.609. The van der Waals surface area contributed by atoms with Crippen molar-refractivity contribution in [1.82, 2.24) is 4.90 Å². The number of rotatable bonds is 4. The van der Waals surface area contributed by atoms with Gasteiger partial charge < -0.3 is 9.64 Å². The summed E-state index contributed by atoms with van der Waals surface area (Å²) in [6.07, 6.45) is 1.77. The van der Waals surface area contributed by atoms with E-state index in [1.807, 2.05) is 0 Å². The number of nitrogens with zero attached hydrogens (tertiary/aromatic N) is 1. The van der Waals surface area contributed by atoms with Crippen LogP contribution < -0.4 is 0 Å². The van der Waals surface area contributed by atoms with Crippen molar-refractivity contribution >= 4 is 12.4 Å². The lowest BCUT2D eigenvalue weighted by Gasteiger charge is -2.21. The van der Waals surface area contributed by atoms with E-state index < -0.39 is 0 Å². The predicted octanol–water partition coefficient (Wildman–Crippen LogP) is 1.54. The van der Waals surface area contributed by atoms with Gasteiger partial charge in [-0.2, -0.15) is 0 Å². The van der Waals surface area contributed by atoms with E-state index in [1.54, 1.807) is 0 Å². The normalized spacial score (nSPS) is 24.5. The molecule has 1 aliphatic heterocycles. The predicted molar refractivity (Wildman–Crippen MR) is 49.4 cm³/mol. The van der Waals surface area contributed by atoms with Crippen LogP contribution in [0.25, 0.3) is 0 Å². The molecule has 2 unspecified atom stereocenters. The number of hydrogen-bond donors (Lipinski definition) is 0.